The number of benzene rings is 1. The number of carbonyl (C=O) groups is 1. The zero-order valence-corrected chi connectivity index (χ0v) is 11.5. The van der Waals surface area contributed by atoms with E-state index in [9.17, 15) is 13.2 Å². The van der Waals surface area contributed by atoms with Crippen LogP contribution in [0.25, 0.3) is 0 Å². The average Bonchev–Trinajstić information content (AvgIpc) is 2.46. The van der Waals surface area contributed by atoms with Crippen molar-refractivity contribution < 1.29 is 13.2 Å². The van der Waals surface area contributed by atoms with Crippen molar-refractivity contribution >= 4 is 15.9 Å². The molecule has 0 spiro atoms. The van der Waals surface area contributed by atoms with Crippen LogP contribution in [0, 0.1) is 6.92 Å². The normalized spacial score (nSPS) is 11.1. The first kappa shape index (κ1) is 14.2. The van der Waals surface area contributed by atoms with Crippen molar-refractivity contribution in [3.63, 3.8) is 0 Å². The fourth-order valence-corrected chi connectivity index (χ4v) is 2.29. The highest BCUT2D eigenvalue weighted by Gasteiger charge is 2.15. The monoisotopic (exact) mass is 291 g/mol. The summed E-state index contributed by atoms with van der Waals surface area (Å²) in [5.74, 6) is -0.624. The Hall–Kier alpha value is -2.25. The second kappa shape index (κ2) is 5.81. The van der Waals surface area contributed by atoms with Gasteiger partial charge in [0.1, 0.15) is 5.69 Å². The quantitative estimate of drug-likeness (QED) is 0.823. The van der Waals surface area contributed by atoms with Gasteiger partial charge in [-0.15, -0.1) is 4.83 Å². The minimum absolute atomic E-state index is 0.0735. The highest BCUT2D eigenvalue weighted by molar-refractivity contribution is 7.89. The first-order chi connectivity index (χ1) is 9.49. The van der Waals surface area contributed by atoms with Gasteiger partial charge in [-0.3, -0.25) is 15.2 Å². The molecular formula is C13H13N3O3S. The topological polar surface area (TPSA) is 88.2 Å². The van der Waals surface area contributed by atoms with E-state index in [-0.39, 0.29) is 10.6 Å². The number of hydrazine groups is 1. The summed E-state index contributed by atoms with van der Waals surface area (Å²) >= 11 is 0. The van der Waals surface area contributed by atoms with E-state index < -0.39 is 15.9 Å². The summed E-state index contributed by atoms with van der Waals surface area (Å²) in [7, 11) is -3.79. The van der Waals surface area contributed by atoms with Crippen molar-refractivity contribution in [1.29, 1.82) is 0 Å². The lowest BCUT2D eigenvalue weighted by molar-refractivity contribution is 0.0940. The molecule has 6 nitrogen and oxygen atoms in total. The van der Waals surface area contributed by atoms with Crippen LogP contribution in [0.15, 0.2) is 53.6 Å². The smallest absolute Gasteiger partial charge is 0.272 e. The fraction of sp³-hybridized carbons (Fsp3) is 0.0769. The number of hydrogen-bond donors (Lipinski definition) is 2. The second-order valence-electron chi connectivity index (χ2n) is 4.09. The van der Waals surface area contributed by atoms with Crippen LogP contribution in [0.4, 0.5) is 0 Å². The molecule has 1 aromatic heterocycles. The van der Waals surface area contributed by atoms with Crippen molar-refractivity contribution in [2.24, 2.45) is 0 Å². The molecule has 0 bridgehead atoms. The summed E-state index contributed by atoms with van der Waals surface area (Å²) in [5.41, 5.74) is 3.18. The third-order valence-electron chi connectivity index (χ3n) is 2.53. The lowest BCUT2D eigenvalue weighted by Crippen LogP contribution is -2.41. The number of hydrogen-bond acceptors (Lipinski definition) is 4. The van der Waals surface area contributed by atoms with Crippen molar-refractivity contribution in [3.05, 3.63) is 59.9 Å². The zero-order chi connectivity index (χ0) is 14.6. The number of amides is 1. The van der Waals surface area contributed by atoms with Crippen LogP contribution in [-0.4, -0.2) is 19.3 Å². The number of rotatable bonds is 4. The third kappa shape index (κ3) is 3.40. The summed E-state index contributed by atoms with van der Waals surface area (Å²) in [5, 5.41) is 0. The zero-order valence-electron chi connectivity index (χ0n) is 10.7. The number of nitrogens with zero attached hydrogens (tertiary/aromatic N) is 1. The van der Waals surface area contributed by atoms with E-state index >= 15 is 0 Å². The van der Waals surface area contributed by atoms with Gasteiger partial charge < -0.3 is 0 Å². The largest absolute Gasteiger partial charge is 0.284 e. The molecule has 0 atom stereocenters. The Morgan fingerprint density at radius 3 is 2.40 bits per heavy atom. The highest BCUT2D eigenvalue weighted by Crippen LogP contribution is 2.09. The molecular weight excluding hydrogens is 278 g/mol. The predicted molar refractivity (Wildman–Crippen MR) is 73.2 cm³/mol. The van der Waals surface area contributed by atoms with Gasteiger partial charge in [-0.05, 0) is 31.2 Å². The van der Waals surface area contributed by atoms with Crippen LogP contribution in [0.5, 0.6) is 0 Å². The van der Waals surface area contributed by atoms with E-state index in [1.54, 1.807) is 24.3 Å². The molecule has 0 aliphatic rings. The molecule has 7 heteroatoms. The fourth-order valence-electron chi connectivity index (χ4n) is 1.45. The lowest BCUT2D eigenvalue weighted by Gasteiger charge is -2.08. The number of sulfonamides is 1. The summed E-state index contributed by atoms with van der Waals surface area (Å²) < 4.78 is 23.9. The summed E-state index contributed by atoms with van der Waals surface area (Å²) in [4.78, 5) is 17.6. The molecule has 0 fully saturated rings. The van der Waals surface area contributed by atoms with E-state index in [4.69, 9.17) is 0 Å². The molecule has 2 N–H and O–H groups in total. The Balaban J connectivity index is 2.06. The van der Waals surface area contributed by atoms with Crippen LogP contribution in [0.2, 0.25) is 0 Å². The van der Waals surface area contributed by atoms with E-state index in [0.29, 0.717) is 0 Å². The van der Waals surface area contributed by atoms with Crippen molar-refractivity contribution in [2.75, 3.05) is 0 Å². The maximum Gasteiger partial charge on any atom is 0.284 e. The predicted octanol–water partition coefficient (Wildman–Crippen LogP) is 1.01. The van der Waals surface area contributed by atoms with Gasteiger partial charge >= 0.3 is 0 Å². The maximum atomic E-state index is 11.9. The molecule has 0 aliphatic heterocycles. The molecule has 2 aromatic rings. The van der Waals surface area contributed by atoms with Crippen LogP contribution >= 0.6 is 0 Å². The van der Waals surface area contributed by atoms with Crippen LogP contribution in [0.3, 0.4) is 0 Å². The van der Waals surface area contributed by atoms with Crippen LogP contribution in [0.1, 0.15) is 16.1 Å². The minimum atomic E-state index is -3.79. The van der Waals surface area contributed by atoms with Gasteiger partial charge in [-0.25, -0.2) is 8.42 Å². The molecule has 2 rings (SSSR count). The van der Waals surface area contributed by atoms with E-state index in [1.807, 2.05) is 11.8 Å². The van der Waals surface area contributed by atoms with Crippen molar-refractivity contribution in [1.82, 2.24) is 15.2 Å². The van der Waals surface area contributed by atoms with Gasteiger partial charge in [0.15, 0.2) is 0 Å². The van der Waals surface area contributed by atoms with Gasteiger partial charge in [0.25, 0.3) is 15.9 Å². The first-order valence-corrected chi connectivity index (χ1v) is 7.27. The molecule has 0 aliphatic carbocycles. The Bertz CT molecular complexity index is 697. The molecule has 0 saturated heterocycles. The minimum Gasteiger partial charge on any atom is -0.272 e. The van der Waals surface area contributed by atoms with Gasteiger partial charge in [-0.1, -0.05) is 23.8 Å². The summed E-state index contributed by atoms with van der Waals surface area (Å²) in [6, 6.07) is 11.1. The second-order valence-corrected chi connectivity index (χ2v) is 5.77. The molecule has 1 aromatic carbocycles. The standard InChI is InChI=1S/C13H13N3O3S/c1-10-5-7-11(8-6-10)20(18,19)16-15-13(17)12-4-2-3-9-14-12/h2-9,16H,1H3,(H,15,17). The molecule has 0 radical (unpaired) electrons. The van der Waals surface area contributed by atoms with Gasteiger partial charge in [0.05, 0.1) is 4.90 Å². The molecule has 0 saturated carbocycles. The Morgan fingerprint density at radius 2 is 1.80 bits per heavy atom. The molecule has 0 unspecified atom stereocenters. The Labute approximate surface area is 116 Å². The lowest BCUT2D eigenvalue weighted by atomic mass is 10.2. The van der Waals surface area contributed by atoms with Crippen LogP contribution < -0.4 is 10.3 Å². The Kier molecular flexibility index (Phi) is 4.11. The van der Waals surface area contributed by atoms with Crippen LogP contribution in [-0.2, 0) is 10.0 Å². The van der Waals surface area contributed by atoms with Crippen molar-refractivity contribution in [2.45, 2.75) is 11.8 Å². The maximum absolute atomic E-state index is 11.9. The SMILES string of the molecule is Cc1ccc(S(=O)(=O)NNC(=O)c2ccccn2)cc1. The van der Waals surface area contributed by atoms with E-state index in [1.165, 1.54) is 24.4 Å². The number of nitrogens with one attached hydrogen (secondary N) is 2. The molecule has 20 heavy (non-hydrogen) atoms. The van der Waals surface area contributed by atoms with Crippen molar-refractivity contribution in [3.8, 4) is 0 Å². The van der Waals surface area contributed by atoms with E-state index in [0.717, 1.165) is 5.56 Å². The molecule has 104 valence electrons. The number of aryl methyl sites for hydroxylation is 1. The van der Waals surface area contributed by atoms with Gasteiger partial charge in [0, 0.05) is 6.20 Å². The first-order valence-electron chi connectivity index (χ1n) is 5.79. The summed E-state index contributed by atoms with van der Waals surface area (Å²) in [6.07, 6.45) is 1.45. The van der Waals surface area contributed by atoms with Gasteiger partial charge in [-0.2, -0.15) is 0 Å². The number of carbonyl (C=O) groups excluding carboxylic acids is 1. The highest BCUT2D eigenvalue weighted by atomic mass is 32.2. The Morgan fingerprint density at radius 1 is 1.10 bits per heavy atom. The molecule has 1 heterocycles. The number of aromatic nitrogens is 1. The summed E-state index contributed by atoms with van der Waals surface area (Å²) in [6.45, 7) is 1.85. The third-order valence-corrected chi connectivity index (χ3v) is 3.79. The van der Waals surface area contributed by atoms with Gasteiger partial charge in [0.2, 0.25) is 0 Å². The van der Waals surface area contributed by atoms with E-state index in [2.05, 4.69) is 10.4 Å². The molecule has 1 amide bonds. The average molecular weight is 291 g/mol. The number of pyridine rings is 1.